The molecule has 0 atom stereocenters. The summed E-state index contributed by atoms with van der Waals surface area (Å²) in [5, 5.41) is 4.54. The first kappa shape index (κ1) is 13.6. The van der Waals surface area contributed by atoms with Gasteiger partial charge in [-0.3, -0.25) is 10.1 Å². The molecule has 96 valence electrons. The number of nitrogens with one attached hydrogen (secondary N) is 2. The van der Waals surface area contributed by atoms with E-state index in [4.69, 9.17) is 0 Å². The Balaban J connectivity index is 2.16. The number of hydrogen-bond acceptors (Lipinski definition) is 4. The van der Waals surface area contributed by atoms with Crippen molar-refractivity contribution in [3.8, 4) is 0 Å². The normalized spacial score (nSPS) is 17.5. The zero-order valence-electron chi connectivity index (χ0n) is 10.1. The third kappa shape index (κ3) is 4.95. The Bertz CT molecular complexity index is 286. The van der Waals surface area contributed by atoms with Crippen molar-refractivity contribution in [2.75, 3.05) is 26.7 Å². The summed E-state index contributed by atoms with van der Waals surface area (Å²) >= 11 is 0. The average molecular weight is 241 g/mol. The summed E-state index contributed by atoms with van der Waals surface area (Å²) < 4.78 is 0. The highest BCUT2D eigenvalue weighted by molar-refractivity contribution is 5.94. The standard InChI is InChI=1S/C11H19N3O3/c1-12-11(17)13-10(16)4-7-14-5-2-9(8-15)3-6-14/h8-9H,2-7H2,1H3,(H2,12,13,16,17). The van der Waals surface area contributed by atoms with E-state index >= 15 is 0 Å². The van der Waals surface area contributed by atoms with Crippen LogP contribution in [-0.4, -0.2) is 49.8 Å². The van der Waals surface area contributed by atoms with Crippen LogP contribution < -0.4 is 10.6 Å². The quantitative estimate of drug-likeness (QED) is 0.665. The van der Waals surface area contributed by atoms with E-state index in [9.17, 15) is 14.4 Å². The fourth-order valence-electron chi connectivity index (χ4n) is 1.82. The number of imide groups is 1. The van der Waals surface area contributed by atoms with Gasteiger partial charge in [-0.25, -0.2) is 4.79 Å². The van der Waals surface area contributed by atoms with Crippen LogP contribution in [-0.2, 0) is 9.59 Å². The van der Waals surface area contributed by atoms with E-state index in [1.165, 1.54) is 7.05 Å². The van der Waals surface area contributed by atoms with Gasteiger partial charge in [-0.1, -0.05) is 0 Å². The lowest BCUT2D eigenvalue weighted by molar-refractivity contribution is -0.120. The van der Waals surface area contributed by atoms with Crippen molar-refractivity contribution in [1.82, 2.24) is 15.5 Å². The van der Waals surface area contributed by atoms with Crippen molar-refractivity contribution < 1.29 is 14.4 Å². The van der Waals surface area contributed by atoms with Gasteiger partial charge in [0.25, 0.3) is 0 Å². The van der Waals surface area contributed by atoms with E-state index in [2.05, 4.69) is 15.5 Å². The zero-order valence-corrected chi connectivity index (χ0v) is 10.1. The molecule has 1 aliphatic heterocycles. The molecular weight excluding hydrogens is 222 g/mol. The Labute approximate surface area is 101 Å². The van der Waals surface area contributed by atoms with Crippen molar-refractivity contribution in [2.24, 2.45) is 5.92 Å². The van der Waals surface area contributed by atoms with E-state index in [1.807, 2.05) is 0 Å². The van der Waals surface area contributed by atoms with Crippen LogP contribution in [0.2, 0.25) is 0 Å². The maximum atomic E-state index is 11.3. The Hall–Kier alpha value is -1.43. The van der Waals surface area contributed by atoms with Gasteiger partial charge in [-0.15, -0.1) is 0 Å². The lowest BCUT2D eigenvalue weighted by atomic mass is 9.98. The first-order valence-electron chi connectivity index (χ1n) is 5.85. The Morgan fingerprint density at radius 3 is 2.53 bits per heavy atom. The summed E-state index contributed by atoms with van der Waals surface area (Å²) in [7, 11) is 1.47. The second-order valence-corrected chi connectivity index (χ2v) is 4.19. The van der Waals surface area contributed by atoms with Crippen molar-refractivity contribution in [2.45, 2.75) is 19.3 Å². The topological polar surface area (TPSA) is 78.5 Å². The fraction of sp³-hybridized carbons (Fsp3) is 0.727. The summed E-state index contributed by atoms with van der Waals surface area (Å²) in [5.74, 6) is -0.104. The number of urea groups is 1. The predicted molar refractivity (Wildman–Crippen MR) is 62.4 cm³/mol. The molecule has 1 fully saturated rings. The molecule has 0 bridgehead atoms. The number of likely N-dealkylation sites (tertiary alicyclic amines) is 1. The molecule has 6 nitrogen and oxygen atoms in total. The molecule has 1 aliphatic rings. The molecule has 0 unspecified atom stereocenters. The van der Waals surface area contributed by atoms with Gasteiger partial charge in [0.05, 0.1) is 0 Å². The van der Waals surface area contributed by atoms with Crippen LogP contribution in [0.15, 0.2) is 0 Å². The first-order chi connectivity index (χ1) is 8.15. The van der Waals surface area contributed by atoms with E-state index in [1.54, 1.807) is 0 Å². The highest BCUT2D eigenvalue weighted by Gasteiger charge is 2.18. The number of hydrogen-bond donors (Lipinski definition) is 2. The summed E-state index contributed by atoms with van der Waals surface area (Å²) in [6.07, 6.45) is 3.04. The number of nitrogens with zero attached hydrogens (tertiary/aromatic N) is 1. The smallest absolute Gasteiger partial charge is 0.321 e. The maximum absolute atomic E-state index is 11.3. The van der Waals surface area contributed by atoms with Gasteiger partial charge in [-0.2, -0.15) is 0 Å². The molecule has 0 aliphatic carbocycles. The van der Waals surface area contributed by atoms with Crippen LogP contribution >= 0.6 is 0 Å². The largest absolute Gasteiger partial charge is 0.341 e. The molecule has 0 aromatic heterocycles. The van der Waals surface area contributed by atoms with E-state index in [-0.39, 0.29) is 11.8 Å². The minimum atomic E-state index is -0.477. The molecule has 1 heterocycles. The lowest BCUT2D eigenvalue weighted by Gasteiger charge is -2.29. The molecule has 1 rings (SSSR count). The third-order valence-electron chi connectivity index (χ3n) is 2.96. The van der Waals surface area contributed by atoms with Crippen LogP contribution in [0, 0.1) is 5.92 Å². The van der Waals surface area contributed by atoms with E-state index < -0.39 is 6.03 Å². The second kappa shape index (κ2) is 7.01. The van der Waals surface area contributed by atoms with Crippen molar-refractivity contribution >= 4 is 18.2 Å². The number of carbonyl (C=O) groups is 3. The number of amides is 3. The molecule has 0 saturated carbocycles. The number of piperidine rings is 1. The molecule has 0 spiro atoms. The molecule has 1 saturated heterocycles. The number of aldehydes is 1. The summed E-state index contributed by atoms with van der Waals surface area (Å²) in [6, 6.07) is -0.477. The van der Waals surface area contributed by atoms with Gasteiger partial charge in [0.1, 0.15) is 6.29 Å². The lowest BCUT2D eigenvalue weighted by Crippen LogP contribution is -2.40. The minimum Gasteiger partial charge on any atom is -0.341 e. The summed E-state index contributed by atoms with van der Waals surface area (Å²) in [5.41, 5.74) is 0. The van der Waals surface area contributed by atoms with Crippen molar-refractivity contribution in [1.29, 1.82) is 0 Å². The highest BCUT2D eigenvalue weighted by Crippen LogP contribution is 2.14. The molecular formula is C11H19N3O3. The monoisotopic (exact) mass is 241 g/mol. The van der Waals surface area contributed by atoms with Gasteiger partial charge in [0.15, 0.2) is 0 Å². The van der Waals surface area contributed by atoms with Gasteiger partial charge in [0.2, 0.25) is 5.91 Å². The van der Waals surface area contributed by atoms with Gasteiger partial charge in [-0.05, 0) is 25.9 Å². The van der Waals surface area contributed by atoms with Gasteiger partial charge >= 0.3 is 6.03 Å². The summed E-state index contributed by atoms with van der Waals surface area (Å²) in [6.45, 7) is 2.32. The van der Waals surface area contributed by atoms with E-state index in [0.29, 0.717) is 13.0 Å². The van der Waals surface area contributed by atoms with Crippen LogP contribution in [0.25, 0.3) is 0 Å². The van der Waals surface area contributed by atoms with Gasteiger partial charge in [0, 0.05) is 25.9 Å². The Morgan fingerprint density at radius 2 is 2.00 bits per heavy atom. The molecule has 3 amide bonds. The molecule has 17 heavy (non-hydrogen) atoms. The Kier molecular flexibility index (Phi) is 5.62. The number of rotatable bonds is 4. The van der Waals surface area contributed by atoms with Crippen LogP contribution in [0.5, 0.6) is 0 Å². The first-order valence-corrected chi connectivity index (χ1v) is 5.85. The average Bonchev–Trinajstić information content (AvgIpc) is 2.36. The molecule has 0 aromatic rings. The second-order valence-electron chi connectivity index (χ2n) is 4.19. The van der Waals surface area contributed by atoms with Crippen LogP contribution in [0.4, 0.5) is 4.79 Å². The zero-order chi connectivity index (χ0) is 12.7. The minimum absolute atomic E-state index is 0.172. The van der Waals surface area contributed by atoms with Crippen molar-refractivity contribution in [3.63, 3.8) is 0 Å². The van der Waals surface area contributed by atoms with Crippen LogP contribution in [0.3, 0.4) is 0 Å². The number of carbonyl (C=O) groups excluding carboxylic acids is 3. The molecule has 6 heteroatoms. The molecule has 2 N–H and O–H groups in total. The Morgan fingerprint density at radius 1 is 1.35 bits per heavy atom. The third-order valence-corrected chi connectivity index (χ3v) is 2.96. The maximum Gasteiger partial charge on any atom is 0.321 e. The highest BCUT2D eigenvalue weighted by atomic mass is 16.2. The van der Waals surface area contributed by atoms with Crippen molar-refractivity contribution in [3.05, 3.63) is 0 Å². The molecule has 0 aromatic carbocycles. The molecule has 0 radical (unpaired) electrons. The van der Waals surface area contributed by atoms with Gasteiger partial charge < -0.3 is 15.0 Å². The van der Waals surface area contributed by atoms with E-state index in [0.717, 1.165) is 32.2 Å². The van der Waals surface area contributed by atoms with Crippen LogP contribution in [0.1, 0.15) is 19.3 Å². The predicted octanol–water partition coefficient (Wildman–Crippen LogP) is -0.257. The summed E-state index contributed by atoms with van der Waals surface area (Å²) in [4.78, 5) is 34.9. The SMILES string of the molecule is CNC(=O)NC(=O)CCN1CCC(C=O)CC1. The fourth-order valence-corrected chi connectivity index (χ4v) is 1.82.